The van der Waals surface area contributed by atoms with Crippen LogP contribution in [-0.2, 0) is 4.79 Å². The van der Waals surface area contributed by atoms with Crippen molar-refractivity contribution in [2.45, 2.75) is 25.5 Å². The van der Waals surface area contributed by atoms with Gasteiger partial charge in [-0.05, 0) is 26.0 Å². The molecule has 1 heterocycles. The topological polar surface area (TPSA) is 82.7 Å². The van der Waals surface area contributed by atoms with Crippen molar-refractivity contribution >= 4 is 5.97 Å². The number of carboxylic acid groups (broad SMARTS) is 1. The number of rotatable bonds is 5. The summed E-state index contributed by atoms with van der Waals surface area (Å²) in [4.78, 5) is 10.6. The van der Waals surface area contributed by atoms with E-state index in [-0.39, 0.29) is 12.6 Å². The number of hydrogen-bond donors (Lipinski definition) is 3. The lowest BCUT2D eigenvalue weighted by Crippen LogP contribution is -2.45. The van der Waals surface area contributed by atoms with Crippen LogP contribution in [0.2, 0.25) is 0 Å². The van der Waals surface area contributed by atoms with Crippen LogP contribution < -0.4 is 5.32 Å². The summed E-state index contributed by atoms with van der Waals surface area (Å²) in [5.41, 5.74) is -1.76. The van der Waals surface area contributed by atoms with E-state index in [0.29, 0.717) is 5.76 Å². The van der Waals surface area contributed by atoms with E-state index < -0.39 is 11.6 Å². The second-order valence-corrected chi connectivity index (χ2v) is 3.70. The minimum absolute atomic E-state index is 0.0375. The van der Waals surface area contributed by atoms with Crippen molar-refractivity contribution in [3.8, 4) is 0 Å². The van der Waals surface area contributed by atoms with Crippen molar-refractivity contribution in [1.82, 2.24) is 5.32 Å². The van der Waals surface area contributed by atoms with Gasteiger partial charge < -0.3 is 19.9 Å². The molecule has 2 atom stereocenters. The lowest BCUT2D eigenvalue weighted by Gasteiger charge is -2.20. The molecule has 0 aliphatic rings. The third-order valence-electron chi connectivity index (χ3n) is 2.18. The number of nitrogens with one attached hydrogen (secondary N) is 1. The largest absolute Gasteiger partial charge is 0.479 e. The number of carbonyl (C=O) groups is 1. The van der Waals surface area contributed by atoms with Crippen molar-refractivity contribution < 1.29 is 19.4 Å². The first-order valence-corrected chi connectivity index (χ1v) is 4.66. The van der Waals surface area contributed by atoms with E-state index in [1.165, 1.54) is 6.92 Å². The summed E-state index contributed by atoms with van der Waals surface area (Å²) in [5, 5.41) is 21.0. The number of furan rings is 1. The lowest BCUT2D eigenvalue weighted by atomic mass is 10.1. The van der Waals surface area contributed by atoms with E-state index >= 15 is 0 Å². The van der Waals surface area contributed by atoms with Gasteiger partial charge in [-0.3, -0.25) is 0 Å². The molecule has 1 aromatic heterocycles. The van der Waals surface area contributed by atoms with Crippen LogP contribution in [0.4, 0.5) is 0 Å². The number of aliphatic hydroxyl groups is 1. The molecule has 0 amide bonds. The average molecular weight is 213 g/mol. The molecule has 0 aliphatic carbocycles. The first-order chi connectivity index (χ1) is 6.93. The molecule has 84 valence electrons. The molecule has 5 heteroatoms. The molecule has 0 radical (unpaired) electrons. The molecule has 1 unspecified atom stereocenters. The summed E-state index contributed by atoms with van der Waals surface area (Å²) < 4.78 is 5.13. The molecule has 1 rings (SSSR count). The van der Waals surface area contributed by atoms with E-state index in [2.05, 4.69) is 5.32 Å². The maximum absolute atomic E-state index is 10.6. The Balaban J connectivity index is 2.47. The van der Waals surface area contributed by atoms with Gasteiger partial charge in [0.1, 0.15) is 5.76 Å². The Kier molecular flexibility index (Phi) is 3.49. The third-order valence-corrected chi connectivity index (χ3v) is 2.18. The van der Waals surface area contributed by atoms with Crippen molar-refractivity contribution in [1.29, 1.82) is 0 Å². The van der Waals surface area contributed by atoms with E-state index in [4.69, 9.17) is 9.52 Å². The van der Waals surface area contributed by atoms with E-state index in [9.17, 15) is 9.90 Å². The molecular formula is C10H15NO4. The Labute approximate surface area is 87.7 Å². The van der Waals surface area contributed by atoms with Gasteiger partial charge in [0, 0.05) is 6.54 Å². The zero-order chi connectivity index (χ0) is 11.5. The fourth-order valence-corrected chi connectivity index (χ4v) is 1.07. The van der Waals surface area contributed by atoms with Crippen LogP contribution in [0.3, 0.4) is 0 Å². The first kappa shape index (κ1) is 11.7. The van der Waals surface area contributed by atoms with Crippen LogP contribution in [0, 0.1) is 0 Å². The average Bonchev–Trinajstić information content (AvgIpc) is 2.66. The van der Waals surface area contributed by atoms with Gasteiger partial charge >= 0.3 is 5.97 Å². The summed E-state index contributed by atoms with van der Waals surface area (Å²) in [7, 11) is 0. The van der Waals surface area contributed by atoms with Crippen molar-refractivity contribution in [2.75, 3.05) is 6.54 Å². The van der Waals surface area contributed by atoms with E-state index in [1.807, 2.05) is 6.92 Å². The van der Waals surface area contributed by atoms with Crippen molar-refractivity contribution in [3.05, 3.63) is 24.2 Å². The highest BCUT2D eigenvalue weighted by atomic mass is 16.4. The molecule has 3 N–H and O–H groups in total. The summed E-state index contributed by atoms with van der Waals surface area (Å²) in [6, 6.07) is 3.40. The summed E-state index contributed by atoms with van der Waals surface area (Å²) in [6.45, 7) is 3.04. The predicted octanol–water partition coefficient (Wildman–Crippen LogP) is 0.766. The zero-order valence-corrected chi connectivity index (χ0v) is 8.73. The maximum Gasteiger partial charge on any atom is 0.336 e. The lowest BCUT2D eigenvalue weighted by molar-refractivity contribution is -0.156. The van der Waals surface area contributed by atoms with Gasteiger partial charge in [0.15, 0.2) is 5.60 Å². The van der Waals surface area contributed by atoms with Crippen molar-refractivity contribution in [3.63, 3.8) is 0 Å². The fraction of sp³-hybridized carbons (Fsp3) is 0.500. The van der Waals surface area contributed by atoms with Crippen LogP contribution in [0.25, 0.3) is 0 Å². The highest BCUT2D eigenvalue weighted by molar-refractivity contribution is 5.76. The van der Waals surface area contributed by atoms with Crippen LogP contribution in [0.15, 0.2) is 22.8 Å². The van der Waals surface area contributed by atoms with Gasteiger partial charge in [-0.1, -0.05) is 0 Å². The molecule has 0 saturated carbocycles. The number of carboxylic acids is 1. The number of hydrogen-bond acceptors (Lipinski definition) is 4. The molecule has 0 spiro atoms. The van der Waals surface area contributed by atoms with Gasteiger partial charge in [-0.15, -0.1) is 0 Å². The Bertz CT molecular complexity index is 318. The third kappa shape index (κ3) is 3.07. The van der Waals surface area contributed by atoms with Gasteiger partial charge in [-0.2, -0.15) is 0 Å². The van der Waals surface area contributed by atoms with Crippen molar-refractivity contribution in [2.24, 2.45) is 0 Å². The zero-order valence-electron chi connectivity index (χ0n) is 8.73. The maximum atomic E-state index is 10.6. The SMILES string of the molecule is C[C@@H](NCC(C)(O)C(=O)O)c1ccco1. The standard InChI is InChI=1S/C10H15NO4/c1-7(8-4-3-5-15-8)11-6-10(2,14)9(12)13/h3-5,7,11,14H,6H2,1-2H3,(H,12,13)/t7-,10?/m1/s1. The van der Waals surface area contributed by atoms with E-state index in [1.54, 1.807) is 18.4 Å². The normalized spacial score (nSPS) is 17.0. The highest BCUT2D eigenvalue weighted by Gasteiger charge is 2.30. The summed E-state index contributed by atoms with van der Waals surface area (Å²) >= 11 is 0. The number of aliphatic carboxylic acids is 1. The minimum Gasteiger partial charge on any atom is -0.479 e. The molecule has 5 nitrogen and oxygen atoms in total. The molecule has 1 aromatic rings. The Morgan fingerprint density at radius 1 is 1.73 bits per heavy atom. The molecule has 15 heavy (non-hydrogen) atoms. The van der Waals surface area contributed by atoms with Crippen LogP contribution in [0.5, 0.6) is 0 Å². The Morgan fingerprint density at radius 2 is 2.40 bits per heavy atom. The molecule has 0 aliphatic heterocycles. The molecule has 0 aromatic carbocycles. The van der Waals surface area contributed by atoms with Gasteiger partial charge in [0.05, 0.1) is 12.3 Å². The summed E-state index contributed by atoms with van der Waals surface area (Å²) in [5.74, 6) is -0.544. The molecule has 0 bridgehead atoms. The van der Waals surface area contributed by atoms with Crippen LogP contribution in [0.1, 0.15) is 25.6 Å². The first-order valence-electron chi connectivity index (χ1n) is 4.66. The Hall–Kier alpha value is -1.33. The quantitative estimate of drug-likeness (QED) is 0.672. The van der Waals surface area contributed by atoms with Crippen LogP contribution in [-0.4, -0.2) is 28.3 Å². The monoisotopic (exact) mass is 213 g/mol. The highest BCUT2D eigenvalue weighted by Crippen LogP contribution is 2.13. The van der Waals surface area contributed by atoms with Gasteiger partial charge in [0.25, 0.3) is 0 Å². The molecule has 0 saturated heterocycles. The minimum atomic E-state index is -1.76. The molecular weight excluding hydrogens is 198 g/mol. The predicted molar refractivity (Wildman–Crippen MR) is 53.4 cm³/mol. The van der Waals surface area contributed by atoms with Crippen LogP contribution >= 0.6 is 0 Å². The second-order valence-electron chi connectivity index (χ2n) is 3.70. The smallest absolute Gasteiger partial charge is 0.336 e. The van der Waals surface area contributed by atoms with Gasteiger partial charge in [0.2, 0.25) is 0 Å². The second kappa shape index (κ2) is 4.46. The van der Waals surface area contributed by atoms with E-state index in [0.717, 1.165) is 0 Å². The van der Waals surface area contributed by atoms with Gasteiger partial charge in [-0.25, -0.2) is 4.79 Å². The summed E-state index contributed by atoms with van der Waals surface area (Å²) in [6.07, 6.45) is 1.54. The molecule has 0 fully saturated rings. The Morgan fingerprint density at radius 3 is 2.87 bits per heavy atom. The fourth-order valence-electron chi connectivity index (χ4n) is 1.07.